The third kappa shape index (κ3) is 7.06. The van der Waals surface area contributed by atoms with Gasteiger partial charge in [-0.2, -0.15) is 5.10 Å². The van der Waals surface area contributed by atoms with Gasteiger partial charge in [0.05, 0.1) is 17.2 Å². The van der Waals surface area contributed by atoms with Crippen molar-refractivity contribution >= 4 is 28.9 Å². The minimum absolute atomic E-state index is 0.00950. The molecule has 2 rings (SSSR count). The zero-order valence-corrected chi connectivity index (χ0v) is 16.2. The van der Waals surface area contributed by atoms with Crippen LogP contribution in [0.2, 0.25) is 0 Å². The maximum Gasteiger partial charge on any atom is 0.270 e. The number of non-ortho nitro benzene ring substituents is 1. The van der Waals surface area contributed by atoms with E-state index < -0.39 is 10.8 Å². The SMILES string of the molecule is CCOc1ccc(NC(=O)CCC(=O)NN=C(C)c2cccc([N+](=O)[O-])c2)cc1. The average Bonchev–Trinajstić information content (AvgIpc) is 2.72. The van der Waals surface area contributed by atoms with Gasteiger partial charge in [-0.3, -0.25) is 19.7 Å². The number of anilines is 1. The van der Waals surface area contributed by atoms with Crippen molar-refractivity contribution in [3.63, 3.8) is 0 Å². The van der Waals surface area contributed by atoms with Crippen molar-refractivity contribution < 1.29 is 19.2 Å². The molecule has 0 aromatic heterocycles. The minimum Gasteiger partial charge on any atom is -0.494 e. The Bertz CT molecular complexity index is 909. The van der Waals surface area contributed by atoms with E-state index in [1.807, 2.05) is 6.92 Å². The van der Waals surface area contributed by atoms with Gasteiger partial charge in [-0.1, -0.05) is 12.1 Å². The van der Waals surface area contributed by atoms with Crippen LogP contribution in [-0.4, -0.2) is 29.1 Å². The summed E-state index contributed by atoms with van der Waals surface area (Å²) in [6.45, 7) is 4.07. The fourth-order valence-electron chi connectivity index (χ4n) is 2.36. The quantitative estimate of drug-likeness (QED) is 0.381. The molecule has 0 bridgehead atoms. The molecule has 152 valence electrons. The Morgan fingerprint density at radius 3 is 2.45 bits per heavy atom. The number of nitrogens with zero attached hydrogens (tertiary/aromatic N) is 2. The summed E-state index contributed by atoms with van der Waals surface area (Å²) in [6, 6.07) is 12.9. The lowest BCUT2D eigenvalue weighted by Gasteiger charge is -2.07. The lowest BCUT2D eigenvalue weighted by molar-refractivity contribution is -0.384. The number of rotatable bonds is 9. The van der Waals surface area contributed by atoms with Crippen molar-refractivity contribution in [3.05, 3.63) is 64.2 Å². The maximum absolute atomic E-state index is 12.0. The van der Waals surface area contributed by atoms with E-state index in [0.29, 0.717) is 29.3 Å². The van der Waals surface area contributed by atoms with Crippen LogP contribution in [0.25, 0.3) is 0 Å². The summed E-state index contributed by atoms with van der Waals surface area (Å²) >= 11 is 0. The molecule has 2 aromatic carbocycles. The van der Waals surface area contributed by atoms with Crippen molar-refractivity contribution in [2.24, 2.45) is 5.10 Å². The van der Waals surface area contributed by atoms with Crippen LogP contribution in [0.15, 0.2) is 53.6 Å². The first-order chi connectivity index (χ1) is 13.9. The van der Waals surface area contributed by atoms with E-state index in [9.17, 15) is 19.7 Å². The predicted molar refractivity (Wildman–Crippen MR) is 109 cm³/mol. The first-order valence-electron chi connectivity index (χ1n) is 8.99. The first-order valence-corrected chi connectivity index (χ1v) is 8.99. The molecular formula is C20H22N4O5. The highest BCUT2D eigenvalue weighted by Gasteiger charge is 2.09. The summed E-state index contributed by atoms with van der Waals surface area (Å²) in [5.41, 5.74) is 3.84. The summed E-state index contributed by atoms with van der Waals surface area (Å²) in [4.78, 5) is 34.2. The minimum atomic E-state index is -0.502. The summed E-state index contributed by atoms with van der Waals surface area (Å²) in [5.74, 6) is -0.0258. The molecule has 9 heteroatoms. The number of carbonyl (C=O) groups is 2. The molecule has 2 N–H and O–H groups in total. The third-order valence-corrected chi connectivity index (χ3v) is 3.85. The molecular weight excluding hydrogens is 376 g/mol. The summed E-state index contributed by atoms with van der Waals surface area (Å²) in [5, 5.41) is 17.5. The number of nitrogens with one attached hydrogen (secondary N) is 2. The fourth-order valence-corrected chi connectivity index (χ4v) is 2.36. The zero-order chi connectivity index (χ0) is 21.2. The Morgan fingerprint density at radius 1 is 1.10 bits per heavy atom. The van der Waals surface area contributed by atoms with Crippen molar-refractivity contribution in [2.75, 3.05) is 11.9 Å². The number of carbonyl (C=O) groups excluding carboxylic acids is 2. The lowest BCUT2D eigenvalue weighted by atomic mass is 10.1. The van der Waals surface area contributed by atoms with Crippen LogP contribution in [-0.2, 0) is 9.59 Å². The number of amides is 2. The molecule has 0 fully saturated rings. The van der Waals surface area contributed by atoms with Crippen LogP contribution in [0.4, 0.5) is 11.4 Å². The maximum atomic E-state index is 12.0. The second kappa shape index (κ2) is 10.5. The molecule has 0 aliphatic heterocycles. The number of hydrogen-bond acceptors (Lipinski definition) is 6. The largest absolute Gasteiger partial charge is 0.494 e. The van der Waals surface area contributed by atoms with Crippen molar-refractivity contribution in [1.29, 1.82) is 0 Å². The molecule has 9 nitrogen and oxygen atoms in total. The van der Waals surface area contributed by atoms with Crippen LogP contribution in [0, 0.1) is 10.1 Å². The van der Waals surface area contributed by atoms with Gasteiger partial charge in [-0.15, -0.1) is 0 Å². The van der Waals surface area contributed by atoms with E-state index in [1.54, 1.807) is 43.3 Å². The molecule has 29 heavy (non-hydrogen) atoms. The number of hydrogen-bond donors (Lipinski definition) is 2. The van der Waals surface area contributed by atoms with Crippen LogP contribution >= 0.6 is 0 Å². The van der Waals surface area contributed by atoms with Gasteiger partial charge in [0.25, 0.3) is 5.69 Å². The number of ether oxygens (including phenoxy) is 1. The highest BCUT2D eigenvalue weighted by atomic mass is 16.6. The van der Waals surface area contributed by atoms with Gasteiger partial charge in [-0.25, -0.2) is 5.43 Å². The highest BCUT2D eigenvalue weighted by Crippen LogP contribution is 2.16. The molecule has 0 saturated heterocycles. The predicted octanol–water partition coefficient (Wildman–Crippen LogP) is 3.25. The average molecular weight is 398 g/mol. The molecule has 2 amide bonds. The summed E-state index contributed by atoms with van der Waals surface area (Å²) in [7, 11) is 0. The molecule has 0 heterocycles. The molecule has 0 aliphatic carbocycles. The van der Waals surface area contributed by atoms with Crippen LogP contribution < -0.4 is 15.5 Å². The van der Waals surface area contributed by atoms with Crippen LogP contribution in [0.5, 0.6) is 5.75 Å². The van der Waals surface area contributed by atoms with Gasteiger partial charge in [0.2, 0.25) is 11.8 Å². The van der Waals surface area contributed by atoms with E-state index in [0.717, 1.165) is 0 Å². The van der Waals surface area contributed by atoms with Gasteiger partial charge >= 0.3 is 0 Å². The molecule has 0 atom stereocenters. The Kier molecular flexibility index (Phi) is 7.84. The van der Waals surface area contributed by atoms with Crippen LogP contribution in [0.1, 0.15) is 32.3 Å². The molecule has 0 unspecified atom stereocenters. The van der Waals surface area contributed by atoms with Gasteiger partial charge in [0.1, 0.15) is 5.75 Å². The lowest BCUT2D eigenvalue weighted by Crippen LogP contribution is -2.21. The summed E-state index contributed by atoms with van der Waals surface area (Å²) < 4.78 is 5.33. The van der Waals surface area contributed by atoms with Gasteiger partial charge in [-0.05, 0) is 38.1 Å². The third-order valence-electron chi connectivity index (χ3n) is 3.85. The van der Waals surface area contributed by atoms with E-state index >= 15 is 0 Å². The van der Waals surface area contributed by atoms with E-state index in [4.69, 9.17) is 4.74 Å². The zero-order valence-electron chi connectivity index (χ0n) is 16.2. The number of hydrazone groups is 1. The monoisotopic (exact) mass is 398 g/mol. The fraction of sp³-hybridized carbons (Fsp3) is 0.250. The number of benzene rings is 2. The second-order valence-electron chi connectivity index (χ2n) is 6.05. The topological polar surface area (TPSA) is 123 Å². The standard InChI is InChI=1S/C20H22N4O5/c1-3-29-18-9-7-16(8-10-18)21-19(25)11-12-20(26)23-22-14(2)15-5-4-6-17(13-15)24(27)28/h4-10,13H,3,11-12H2,1-2H3,(H,21,25)(H,23,26). The Balaban J connectivity index is 1.81. The van der Waals surface area contributed by atoms with Gasteiger partial charge < -0.3 is 10.1 Å². The molecule has 0 spiro atoms. The normalized spacial score (nSPS) is 10.9. The van der Waals surface area contributed by atoms with Crippen LogP contribution in [0.3, 0.4) is 0 Å². The number of nitro groups is 1. The first kappa shape index (κ1) is 21.5. The van der Waals surface area contributed by atoms with Crippen molar-refractivity contribution in [2.45, 2.75) is 26.7 Å². The molecule has 2 aromatic rings. The Hall–Kier alpha value is -3.75. The Labute approximate surface area is 167 Å². The van der Waals surface area contributed by atoms with Crippen molar-refractivity contribution in [1.82, 2.24) is 5.43 Å². The van der Waals surface area contributed by atoms with E-state index in [2.05, 4.69) is 15.8 Å². The molecule has 0 aliphatic rings. The molecule has 0 saturated carbocycles. The smallest absolute Gasteiger partial charge is 0.270 e. The van der Waals surface area contributed by atoms with E-state index in [-0.39, 0.29) is 24.4 Å². The highest BCUT2D eigenvalue weighted by molar-refractivity contribution is 6.00. The Morgan fingerprint density at radius 2 is 1.79 bits per heavy atom. The summed E-state index contributed by atoms with van der Waals surface area (Å²) in [6.07, 6.45) is -0.0565. The van der Waals surface area contributed by atoms with Crippen molar-refractivity contribution in [3.8, 4) is 5.75 Å². The van der Waals surface area contributed by atoms with Gasteiger partial charge in [0.15, 0.2) is 0 Å². The molecule has 0 radical (unpaired) electrons. The van der Waals surface area contributed by atoms with Gasteiger partial charge in [0, 0.05) is 36.2 Å². The second-order valence-corrected chi connectivity index (χ2v) is 6.05. The van der Waals surface area contributed by atoms with E-state index in [1.165, 1.54) is 12.1 Å². The number of nitro benzene ring substituents is 1.